The summed E-state index contributed by atoms with van der Waals surface area (Å²) in [6.07, 6.45) is 3.38. The van der Waals surface area contributed by atoms with E-state index in [-0.39, 0.29) is 11.7 Å². The molecular formula is C31H25N5O3. The number of benzene rings is 3. The fourth-order valence-electron chi connectivity index (χ4n) is 4.86. The van der Waals surface area contributed by atoms with Gasteiger partial charge in [-0.15, -0.1) is 0 Å². The first-order valence-electron chi connectivity index (χ1n) is 12.5. The lowest BCUT2D eigenvalue weighted by atomic mass is 9.96. The number of nitrogens with one attached hydrogen (secondary N) is 2. The summed E-state index contributed by atoms with van der Waals surface area (Å²) in [6.45, 7) is 0.971. The van der Waals surface area contributed by atoms with Crippen LogP contribution in [-0.4, -0.2) is 33.6 Å². The van der Waals surface area contributed by atoms with Gasteiger partial charge in [0.1, 0.15) is 0 Å². The summed E-state index contributed by atoms with van der Waals surface area (Å²) >= 11 is 0. The molecule has 8 heteroatoms. The van der Waals surface area contributed by atoms with Crippen molar-refractivity contribution in [3.05, 3.63) is 125 Å². The highest BCUT2D eigenvalue weighted by Crippen LogP contribution is 2.30. The van der Waals surface area contributed by atoms with Gasteiger partial charge in [0.15, 0.2) is 11.5 Å². The number of carbonyl (C=O) groups excluding carboxylic acids is 2. The van der Waals surface area contributed by atoms with Crippen molar-refractivity contribution >= 4 is 23.1 Å². The Kier molecular flexibility index (Phi) is 6.34. The second kappa shape index (κ2) is 10.3. The molecule has 0 aliphatic carbocycles. The average Bonchev–Trinajstić information content (AvgIpc) is 3.27. The molecule has 0 saturated carbocycles. The molecule has 0 unspecified atom stereocenters. The van der Waals surface area contributed by atoms with E-state index < -0.39 is 0 Å². The molecule has 0 radical (unpaired) electrons. The van der Waals surface area contributed by atoms with Gasteiger partial charge in [-0.2, -0.15) is 5.10 Å². The van der Waals surface area contributed by atoms with E-state index in [1.54, 1.807) is 49.8 Å². The molecule has 0 fully saturated rings. The first-order valence-corrected chi connectivity index (χ1v) is 12.5. The summed E-state index contributed by atoms with van der Waals surface area (Å²) in [5.41, 5.74) is 6.17. The molecule has 5 aromatic rings. The number of fused-ring (bicyclic) bond motifs is 2. The number of anilines is 2. The largest absolute Gasteiger partial charge is 0.493 e. The van der Waals surface area contributed by atoms with Gasteiger partial charge >= 0.3 is 0 Å². The van der Waals surface area contributed by atoms with Gasteiger partial charge in [-0.25, -0.2) is 0 Å². The van der Waals surface area contributed by atoms with E-state index in [0.717, 1.165) is 22.5 Å². The molecule has 0 atom stereocenters. The lowest BCUT2D eigenvalue weighted by molar-refractivity contribution is 0.102. The zero-order valence-electron chi connectivity index (χ0n) is 21.2. The summed E-state index contributed by atoms with van der Waals surface area (Å²) in [4.78, 5) is 31.4. The molecule has 0 spiro atoms. The lowest BCUT2D eigenvalue weighted by Crippen LogP contribution is -2.14. The number of aromatic nitrogens is 3. The first kappa shape index (κ1) is 24.1. The van der Waals surface area contributed by atoms with Crippen LogP contribution in [0.1, 0.15) is 37.5 Å². The maximum atomic E-state index is 13.7. The molecule has 1 aliphatic rings. The van der Waals surface area contributed by atoms with Crippen LogP contribution in [0.15, 0.2) is 97.3 Å². The van der Waals surface area contributed by atoms with Crippen LogP contribution in [-0.2, 0) is 13.1 Å². The van der Waals surface area contributed by atoms with Crippen molar-refractivity contribution in [1.29, 1.82) is 0 Å². The lowest BCUT2D eigenvalue weighted by Gasteiger charge is -2.14. The SMILES string of the molecule is COc1cnn2c1CNc1cccc(C(=O)c3cccc(NC(=O)c4ccccc4-c4ccccn4)c3)c1C2. The van der Waals surface area contributed by atoms with Crippen molar-refractivity contribution in [2.24, 2.45) is 0 Å². The Hall–Kier alpha value is -5.24. The van der Waals surface area contributed by atoms with Crippen LogP contribution in [0.25, 0.3) is 11.3 Å². The Labute approximate surface area is 225 Å². The van der Waals surface area contributed by atoms with Gasteiger partial charge in [0.2, 0.25) is 0 Å². The molecule has 3 aromatic carbocycles. The standard InChI is InChI=1S/C31H25N5O3/c1-39-29-18-34-36-19-25-23(12-7-14-27(25)33-17-28(29)36)30(37)20-8-6-9-21(16-20)35-31(38)24-11-3-2-10-22(24)26-13-4-5-15-32-26/h2-16,18,33H,17,19H2,1H3,(H,35,38). The summed E-state index contributed by atoms with van der Waals surface area (Å²) < 4.78 is 7.29. The van der Waals surface area contributed by atoms with E-state index in [0.29, 0.717) is 46.9 Å². The van der Waals surface area contributed by atoms with E-state index in [4.69, 9.17) is 4.74 Å². The third-order valence-corrected chi connectivity index (χ3v) is 6.80. The molecule has 0 saturated heterocycles. The molecule has 0 bridgehead atoms. The highest BCUT2D eigenvalue weighted by molar-refractivity contribution is 6.12. The summed E-state index contributed by atoms with van der Waals surface area (Å²) in [5.74, 6) is 0.288. The monoisotopic (exact) mass is 515 g/mol. The zero-order valence-corrected chi connectivity index (χ0v) is 21.2. The quantitative estimate of drug-likeness (QED) is 0.294. The summed E-state index contributed by atoms with van der Waals surface area (Å²) in [6, 6.07) is 25.6. The molecule has 192 valence electrons. The van der Waals surface area contributed by atoms with Crippen LogP contribution in [0.4, 0.5) is 11.4 Å². The number of hydrogen-bond donors (Lipinski definition) is 2. The van der Waals surface area contributed by atoms with E-state index in [1.807, 2.05) is 59.3 Å². The Morgan fingerprint density at radius 3 is 2.62 bits per heavy atom. The predicted molar refractivity (Wildman–Crippen MR) is 149 cm³/mol. The second-order valence-corrected chi connectivity index (χ2v) is 9.13. The second-order valence-electron chi connectivity index (χ2n) is 9.13. The number of ketones is 1. The minimum atomic E-state index is -0.279. The van der Waals surface area contributed by atoms with Crippen molar-refractivity contribution in [3.8, 4) is 17.0 Å². The fourth-order valence-corrected chi connectivity index (χ4v) is 4.86. The summed E-state index contributed by atoms with van der Waals surface area (Å²) in [5, 5.41) is 10.8. The van der Waals surface area contributed by atoms with Crippen LogP contribution in [0.5, 0.6) is 5.75 Å². The Bertz CT molecular complexity index is 1690. The zero-order chi connectivity index (χ0) is 26.8. The topological polar surface area (TPSA) is 98.1 Å². The number of nitrogens with zero attached hydrogens (tertiary/aromatic N) is 3. The number of carbonyl (C=O) groups is 2. The molecule has 3 heterocycles. The van der Waals surface area contributed by atoms with Crippen molar-refractivity contribution in [2.45, 2.75) is 13.1 Å². The molecule has 8 nitrogen and oxygen atoms in total. The number of hydrogen-bond acceptors (Lipinski definition) is 6. The number of amides is 1. The minimum absolute atomic E-state index is 0.138. The highest BCUT2D eigenvalue weighted by Gasteiger charge is 2.23. The normalized spacial score (nSPS) is 11.9. The van der Waals surface area contributed by atoms with Gasteiger partial charge in [0, 0.05) is 45.4 Å². The average molecular weight is 516 g/mol. The van der Waals surface area contributed by atoms with E-state index in [9.17, 15) is 9.59 Å². The van der Waals surface area contributed by atoms with Crippen molar-refractivity contribution in [2.75, 3.05) is 17.7 Å². The van der Waals surface area contributed by atoms with Gasteiger partial charge < -0.3 is 15.4 Å². The maximum absolute atomic E-state index is 13.7. The van der Waals surface area contributed by atoms with Crippen LogP contribution >= 0.6 is 0 Å². The maximum Gasteiger partial charge on any atom is 0.256 e. The van der Waals surface area contributed by atoms with Gasteiger partial charge in [-0.05, 0) is 36.4 Å². The third-order valence-electron chi connectivity index (χ3n) is 6.80. The number of ether oxygens (including phenoxy) is 1. The van der Waals surface area contributed by atoms with Crippen molar-refractivity contribution in [1.82, 2.24) is 14.8 Å². The van der Waals surface area contributed by atoms with Gasteiger partial charge in [0.25, 0.3) is 5.91 Å². The number of pyridine rings is 1. The molecule has 6 rings (SSSR count). The summed E-state index contributed by atoms with van der Waals surface area (Å²) in [7, 11) is 1.62. The van der Waals surface area contributed by atoms with Gasteiger partial charge in [-0.3, -0.25) is 19.3 Å². The van der Waals surface area contributed by atoms with Crippen LogP contribution in [0.2, 0.25) is 0 Å². The smallest absolute Gasteiger partial charge is 0.256 e. The molecule has 2 N–H and O–H groups in total. The molecule has 39 heavy (non-hydrogen) atoms. The van der Waals surface area contributed by atoms with Crippen molar-refractivity contribution in [3.63, 3.8) is 0 Å². The molecule has 2 aromatic heterocycles. The molecular weight excluding hydrogens is 490 g/mol. The van der Waals surface area contributed by atoms with Crippen LogP contribution in [0, 0.1) is 0 Å². The van der Waals surface area contributed by atoms with E-state index >= 15 is 0 Å². The highest BCUT2D eigenvalue weighted by atomic mass is 16.5. The minimum Gasteiger partial charge on any atom is -0.493 e. The Morgan fingerprint density at radius 1 is 0.949 bits per heavy atom. The van der Waals surface area contributed by atoms with Crippen LogP contribution in [0.3, 0.4) is 0 Å². The van der Waals surface area contributed by atoms with E-state index in [2.05, 4.69) is 20.7 Å². The third kappa shape index (κ3) is 4.64. The molecule has 1 aliphatic heterocycles. The first-order chi connectivity index (χ1) is 19.1. The van der Waals surface area contributed by atoms with Gasteiger partial charge in [-0.1, -0.05) is 48.5 Å². The Morgan fingerprint density at radius 2 is 1.77 bits per heavy atom. The van der Waals surface area contributed by atoms with Gasteiger partial charge in [0.05, 0.1) is 37.8 Å². The predicted octanol–water partition coefficient (Wildman–Crippen LogP) is 5.41. The van der Waals surface area contributed by atoms with Crippen molar-refractivity contribution < 1.29 is 14.3 Å². The number of rotatable bonds is 6. The molecule has 1 amide bonds. The van der Waals surface area contributed by atoms with E-state index in [1.165, 1.54) is 0 Å². The Balaban J connectivity index is 1.28. The number of methoxy groups -OCH3 is 1. The van der Waals surface area contributed by atoms with Crippen LogP contribution < -0.4 is 15.4 Å². The fraction of sp³-hybridized carbons (Fsp3) is 0.0968.